The fourth-order valence-corrected chi connectivity index (χ4v) is 1.72. The molecular weight excluding hydrogens is 241 g/mol. The molecule has 2 aromatic carbocycles. The molecule has 0 aliphatic heterocycles. The van der Waals surface area contributed by atoms with E-state index in [1.165, 1.54) is 25.3 Å². The highest BCUT2D eigenvalue weighted by molar-refractivity contribution is 5.90. The predicted octanol–water partition coefficient (Wildman–Crippen LogP) is 3.90. The lowest BCUT2D eigenvalue weighted by Crippen LogP contribution is -1.91. The van der Waals surface area contributed by atoms with Gasteiger partial charge in [0, 0.05) is 5.56 Å². The van der Waals surface area contributed by atoms with Crippen molar-refractivity contribution in [3.8, 4) is 11.8 Å². The van der Waals surface area contributed by atoms with Crippen LogP contribution in [-0.2, 0) is 0 Å². The maximum Gasteiger partial charge on any atom is 0.132 e. The highest BCUT2D eigenvalue weighted by Gasteiger charge is 2.09. The highest BCUT2D eigenvalue weighted by atomic mass is 19.1. The maximum absolute atomic E-state index is 13.8. The van der Waals surface area contributed by atoms with Crippen molar-refractivity contribution in [2.45, 2.75) is 0 Å². The number of hydrogen-bond acceptors (Lipinski definition) is 2. The Morgan fingerprint density at radius 3 is 2.58 bits per heavy atom. The summed E-state index contributed by atoms with van der Waals surface area (Å²) in [5.41, 5.74) is 1.36. The van der Waals surface area contributed by atoms with Gasteiger partial charge in [0.15, 0.2) is 0 Å². The quantitative estimate of drug-likeness (QED) is 0.614. The van der Waals surface area contributed by atoms with E-state index in [-0.39, 0.29) is 11.1 Å². The molecule has 0 N–H and O–H groups in total. The van der Waals surface area contributed by atoms with E-state index in [4.69, 9.17) is 4.74 Å². The number of rotatable bonds is 3. The van der Waals surface area contributed by atoms with Gasteiger partial charge in [-0.2, -0.15) is 5.26 Å². The average molecular weight is 253 g/mol. The SMILES string of the molecule is COc1ccc(F)c(/C(C#N)=C/c2ccccc2)c1. The fourth-order valence-electron chi connectivity index (χ4n) is 1.72. The van der Waals surface area contributed by atoms with Crippen LogP contribution in [0.4, 0.5) is 4.39 Å². The second-order valence-corrected chi connectivity index (χ2v) is 3.93. The number of allylic oxidation sites excluding steroid dienone is 1. The van der Waals surface area contributed by atoms with E-state index in [0.29, 0.717) is 5.75 Å². The third-order valence-corrected chi connectivity index (χ3v) is 2.69. The van der Waals surface area contributed by atoms with E-state index in [9.17, 15) is 9.65 Å². The minimum absolute atomic E-state index is 0.241. The summed E-state index contributed by atoms with van der Waals surface area (Å²) < 4.78 is 18.8. The summed E-state index contributed by atoms with van der Waals surface area (Å²) in [6.45, 7) is 0. The average Bonchev–Trinajstić information content (AvgIpc) is 2.47. The topological polar surface area (TPSA) is 33.0 Å². The van der Waals surface area contributed by atoms with Gasteiger partial charge >= 0.3 is 0 Å². The lowest BCUT2D eigenvalue weighted by molar-refractivity contribution is 0.413. The minimum Gasteiger partial charge on any atom is -0.497 e. The molecule has 3 heteroatoms. The molecule has 0 bridgehead atoms. The Bertz CT molecular complexity index is 642. The largest absolute Gasteiger partial charge is 0.497 e. The summed E-state index contributed by atoms with van der Waals surface area (Å²) in [6.07, 6.45) is 1.65. The Labute approximate surface area is 111 Å². The number of hydrogen-bond donors (Lipinski definition) is 0. The molecule has 0 fully saturated rings. The molecule has 0 aromatic heterocycles. The van der Waals surface area contributed by atoms with Gasteiger partial charge in [0.25, 0.3) is 0 Å². The van der Waals surface area contributed by atoms with Crippen LogP contribution in [0.3, 0.4) is 0 Å². The Kier molecular flexibility index (Phi) is 3.94. The first-order valence-corrected chi connectivity index (χ1v) is 5.75. The predicted molar refractivity (Wildman–Crippen MR) is 72.9 cm³/mol. The van der Waals surface area contributed by atoms with Crippen molar-refractivity contribution in [2.75, 3.05) is 7.11 Å². The molecule has 0 spiro atoms. The third kappa shape index (κ3) is 2.99. The van der Waals surface area contributed by atoms with E-state index in [1.807, 2.05) is 36.4 Å². The number of ether oxygens (including phenoxy) is 1. The monoisotopic (exact) mass is 253 g/mol. The van der Waals surface area contributed by atoms with Gasteiger partial charge in [0.1, 0.15) is 11.6 Å². The summed E-state index contributed by atoms with van der Waals surface area (Å²) in [4.78, 5) is 0. The van der Waals surface area contributed by atoms with Crippen LogP contribution in [0.1, 0.15) is 11.1 Å². The molecule has 94 valence electrons. The van der Waals surface area contributed by atoms with E-state index < -0.39 is 5.82 Å². The van der Waals surface area contributed by atoms with Crippen LogP contribution in [-0.4, -0.2) is 7.11 Å². The van der Waals surface area contributed by atoms with Gasteiger partial charge in [-0.05, 0) is 29.8 Å². The molecule has 2 nitrogen and oxygen atoms in total. The molecule has 0 unspecified atom stereocenters. The Hall–Kier alpha value is -2.60. The van der Waals surface area contributed by atoms with Gasteiger partial charge < -0.3 is 4.74 Å². The van der Waals surface area contributed by atoms with Gasteiger partial charge in [0.2, 0.25) is 0 Å². The summed E-state index contributed by atoms with van der Waals surface area (Å²) >= 11 is 0. The van der Waals surface area contributed by atoms with E-state index in [1.54, 1.807) is 6.08 Å². The lowest BCUT2D eigenvalue weighted by atomic mass is 10.0. The molecular formula is C16H12FNO. The van der Waals surface area contributed by atoms with E-state index >= 15 is 0 Å². The second kappa shape index (κ2) is 5.83. The van der Waals surface area contributed by atoms with Gasteiger partial charge in [0.05, 0.1) is 18.8 Å². The summed E-state index contributed by atoms with van der Waals surface area (Å²) in [5, 5.41) is 9.20. The van der Waals surface area contributed by atoms with Crippen molar-refractivity contribution >= 4 is 11.6 Å². The van der Waals surface area contributed by atoms with Crippen molar-refractivity contribution in [1.82, 2.24) is 0 Å². The summed E-state index contributed by atoms with van der Waals surface area (Å²) in [5.74, 6) is 0.0788. The standard InChI is InChI=1S/C16H12FNO/c1-19-14-7-8-16(17)15(10-14)13(11-18)9-12-5-3-2-4-6-12/h2-10H,1H3/b13-9+. The number of benzene rings is 2. The van der Waals surface area contributed by atoms with Crippen LogP contribution in [0, 0.1) is 17.1 Å². The smallest absolute Gasteiger partial charge is 0.132 e. The van der Waals surface area contributed by atoms with Gasteiger partial charge in [-0.3, -0.25) is 0 Å². The van der Waals surface area contributed by atoms with Gasteiger partial charge in [-0.15, -0.1) is 0 Å². The van der Waals surface area contributed by atoms with Crippen LogP contribution in [0.15, 0.2) is 48.5 Å². The lowest BCUT2D eigenvalue weighted by Gasteiger charge is -2.05. The molecule has 0 atom stereocenters. The van der Waals surface area contributed by atoms with Crippen molar-refractivity contribution in [3.05, 3.63) is 65.5 Å². The molecule has 2 aromatic rings. The maximum atomic E-state index is 13.8. The first kappa shape index (κ1) is 12.8. The highest BCUT2D eigenvalue weighted by Crippen LogP contribution is 2.24. The first-order valence-electron chi connectivity index (χ1n) is 5.75. The minimum atomic E-state index is -0.440. The Morgan fingerprint density at radius 2 is 1.95 bits per heavy atom. The van der Waals surface area contributed by atoms with Crippen molar-refractivity contribution in [2.24, 2.45) is 0 Å². The zero-order valence-electron chi connectivity index (χ0n) is 10.4. The zero-order chi connectivity index (χ0) is 13.7. The number of halogens is 1. The summed E-state index contributed by atoms with van der Waals surface area (Å²) in [7, 11) is 1.50. The first-order chi connectivity index (χ1) is 9.24. The van der Waals surface area contributed by atoms with Crippen molar-refractivity contribution in [1.29, 1.82) is 5.26 Å². The molecule has 0 amide bonds. The fraction of sp³-hybridized carbons (Fsp3) is 0.0625. The summed E-state index contributed by atoms with van der Waals surface area (Å²) in [6, 6.07) is 15.7. The molecule has 0 radical (unpaired) electrons. The molecule has 2 rings (SSSR count). The molecule has 0 aliphatic rings. The number of nitrogens with zero attached hydrogens (tertiary/aromatic N) is 1. The normalized spacial score (nSPS) is 10.9. The van der Waals surface area contributed by atoms with Crippen LogP contribution >= 0.6 is 0 Å². The molecule has 19 heavy (non-hydrogen) atoms. The van der Waals surface area contributed by atoms with E-state index in [0.717, 1.165) is 5.56 Å². The molecule has 0 aliphatic carbocycles. The van der Waals surface area contributed by atoms with Crippen molar-refractivity contribution < 1.29 is 9.13 Å². The molecule has 0 saturated heterocycles. The molecule has 0 saturated carbocycles. The van der Waals surface area contributed by atoms with Gasteiger partial charge in [-0.1, -0.05) is 30.3 Å². The second-order valence-electron chi connectivity index (χ2n) is 3.93. The van der Waals surface area contributed by atoms with Crippen LogP contribution in [0.2, 0.25) is 0 Å². The van der Waals surface area contributed by atoms with Gasteiger partial charge in [-0.25, -0.2) is 4.39 Å². The molecule has 0 heterocycles. The Morgan fingerprint density at radius 1 is 1.21 bits per heavy atom. The number of nitriles is 1. The van der Waals surface area contributed by atoms with Crippen LogP contribution < -0.4 is 4.74 Å². The van der Waals surface area contributed by atoms with Crippen LogP contribution in [0.25, 0.3) is 11.6 Å². The third-order valence-electron chi connectivity index (χ3n) is 2.69. The zero-order valence-corrected chi connectivity index (χ0v) is 10.4. The van der Waals surface area contributed by atoms with Crippen molar-refractivity contribution in [3.63, 3.8) is 0 Å². The van der Waals surface area contributed by atoms with E-state index in [2.05, 4.69) is 0 Å². The number of methoxy groups -OCH3 is 1. The Balaban J connectivity index is 2.49. The van der Waals surface area contributed by atoms with Crippen LogP contribution in [0.5, 0.6) is 5.75 Å².